The lowest BCUT2D eigenvalue weighted by molar-refractivity contribution is 0.0951. The minimum Gasteiger partial charge on any atom is -0.450 e. The number of hydrogen-bond acceptors (Lipinski definition) is 3. The highest BCUT2D eigenvalue weighted by Crippen LogP contribution is 2.14. The molecule has 5 heteroatoms. The van der Waals surface area contributed by atoms with Crippen molar-refractivity contribution in [2.75, 3.05) is 18.5 Å². The molecule has 0 bridgehead atoms. The van der Waals surface area contributed by atoms with Crippen molar-refractivity contribution < 1.29 is 14.3 Å². The van der Waals surface area contributed by atoms with E-state index in [1.165, 1.54) is 5.56 Å². The van der Waals surface area contributed by atoms with E-state index >= 15 is 0 Å². The van der Waals surface area contributed by atoms with Crippen LogP contribution in [0, 0.1) is 0 Å². The van der Waals surface area contributed by atoms with Gasteiger partial charge in [0.25, 0.3) is 5.91 Å². The number of carbonyl (C=O) groups excluding carboxylic acids is 2. The Bertz CT molecular complexity index is 669. The van der Waals surface area contributed by atoms with E-state index in [9.17, 15) is 9.59 Å². The minimum absolute atomic E-state index is 0.138. The van der Waals surface area contributed by atoms with E-state index < -0.39 is 6.09 Å². The Kier molecular flexibility index (Phi) is 6.37. The molecular formula is C19H22N2O3. The van der Waals surface area contributed by atoms with Gasteiger partial charge in [0.1, 0.15) is 0 Å². The van der Waals surface area contributed by atoms with Crippen molar-refractivity contribution in [2.24, 2.45) is 0 Å². The number of rotatable bonds is 6. The molecule has 2 aromatic rings. The molecule has 0 aliphatic heterocycles. The van der Waals surface area contributed by atoms with Crippen molar-refractivity contribution in [3.63, 3.8) is 0 Å². The molecule has 0 spiro atoms. The van der Waals surface area contributed by atoms with Gasteiger partial charge in [-0.2, -0.15) is 0 Å². The molecule has 2 N–H and O–H groups in total. The number of anilines is 1. The van der Waals surface area contributed by atoms with Gasteiger partial charge in [-0.25, -0.2) is 4.79 Å². The molecule has 126 valence electrons. The van der Waals surface area contributed by atoms with E-state index in [4.69, 9.17) is 4.74 Å². The van der Waals surface area contributed by atoms with E-state index in [-0.39, 0.29) is 11.8 Å². The first-order valence-corrected chi connectivity index (χ1v) is 7.97. The van der Waals surface area contributed by atoms with Gasteiger partial charge in [-0.1, -0.05) is 37.3 Å². The lowest BCUT2D eigenvalue weighted by Crippen LogP contribution is -2.27. The first kappa shape index (κ1) is 17.5. The monoisotopic (exact) mass is 326 g/mol. The minimum atomic E-state index is -0.508. The largest absolute Gasteiger partial charge is 0.450 e. The Labute approximate surface area is 142 Å². The van der Waals surface area contributed by atoms with Crippen LogP contribution < -0.4 is 10.6 Å². The molecule has 0 fully saturated rings. The summed E-state index contributed by atoms with van der Waals surface area (Å²) < 4.78 is 4.80. The first-order valence-electron chi connectivity index (χ1n) is 7.97. The van der Waals surface area contributed by atoms with Gasteiger partial charge < -0.3 is 10.1 Å². The second-order valence-electron chi connectivity index (χ2n) is 5.44. The smallest absolute Gasteiger partial charge is 0.411 e. The fraction of sp³-hybridized carbons (Fsp3) is 0.263. The Hall–Kier alpha value is -2.82. The van der Waals surface area contributed by atoms with Crippen LogP contribution in [-0.4, -0.2) is 25.2 Å². The summed E-state index contributed by atoms with van der Waals surface area (Å²) in [6, 6.07) is 16.7. The molecule has 0 saturated carbocycles. The third-order valence-electron chi connectivity index (χ3n) is 3.61. The molecule has 24 heavy (non-hydrogen) atoms. The van der Waals surface area contributed by atoms with E-state index in [0.717, 1.165) is 0 Å². The van der Waals surface area contributed by atoms with Gasteiger partial charge in [-0.3, -0.25) is 10.1 Å². The second kappa shape index (κ2) is 8.72. The highest BCUT2D eigenvalue weighted by atomic mass is 16.5. The molecule has 2 aromatic carbocycles. The van der Waals surface area contributed by atoms with Gasteiger partial charge in [-0.15, -0.1) is 0 Å². The molecule has 0 radical (unpaired) electrons. The summed E-state index contributed by atoms with van der Waals surface area (Å²) >= 11 is 0. The molecule has 0 saturated heterocycles. The van der Waals surface area contributed by atoms with Crippen LogP contribution in [0.15, 0.2) is 54.6 Å². The van der Waals surface area contributed by atoms with Crippen LogP contribution in [0.2, 0.25) is 0 Å². The van der Waals surface area contributed by atoms with Crippen LogP contribution in [0.5, 0.6) is 0 Å². The number of amides is 2. The molecule has 2 rings (SSSR count). The normalized spacial score (nSPS) is 11.4. The third-order valence-corrected chi connectivity index (χ3v) is 3.61. The number of benzene rings is 2. The number of hydrogen-bond donors (Lipinski definition) is 2. The Morgan fingerprint density at radius 2 is 1.71 bits per heavy atom. The van der Waals surface area contributed by atoms with Crippen molar-refractivity contribution in [1.29, 1.82) is 0 Å². The molecule has 1 atom stereocenters. The van der Waals surface area contributed by atoms with Crippen LogP contribution >= 0.6 is 0 Å². The van der Waals surface area contributed by atoms with E-state index in [1.54, 1.807) is 31.2 Å². The lowest BCUT2D eigenvalue weighted by atomic mass is 10.0. The zero-order valence-corrected chi connectivity index (χ0v) is 13.9. The zero-order chi connectivity index (χ0) is 17.4. The maximum atomic E-state index is 12.2. The number of nitrogens with one attached hydrogen (secondary N) is 2. The molecule has 0 aromatic heterocycles. The third kappa shape index (κ3) is 5.12. The summed E-state index contributed by atoms with van der Waals surface area (Å²) in [6.45, 7) is 4.68. The average molecular weight is 326 g/mol. The van der Waals surface area contributed by atoms with Gasteiger partial charge >= 0.3 is 6.09 Å². The van der Waals surface area contributed by atoms with Crippen molar-refractivity contribution in [3.8, 4) is 0 Å². The molecular weight excluding hydrogens is 304 g/mol. The van der Waals surface area contributed by atoms with E-state index in [0.29, 0.717) is 24.4 Å². The summed E-state index contributed by atoms with van der Waals surface area (Å²) in [4.78, 5) is 23.5. The average Bonchev–Trinajstić information content (AvgIpc) is 2.61. The zero-order valence-electron chi connectivity index (χ0n) is 13.9. The number of ether oxygens (including phenoxy) is 1. The van der Waals surface area contributed by atoms with E-state index in [2.05, 4.69) is 17.6 Å². The van der Waals surface area contributed by atoms with Crippen LogP contribution in [0.3, 0.4) is 0 Å². The van der Waals surface area contributed by atoms with Crippen molar-refractivity contribution in [2.45, 2.75) is 19.8 Å². The summed E-state index contributed by atoms with van der Waals surface area (Å²) in [6.07, 6.45) is -0.508. The molecule has 2 amide bonds. The fourth-order valence-corrected chi connectivity index (χ4v) is 2.24. The summed E-state index contributed by atoms with van der Waals surface area (Å²) in [5, 5.41) is 5.51. The number of carbonyl (C=O) groups is 2. The summed E-state index contributed by atoms with van der Waals surface area (Å²) in [7, 11) is 0. The predicted octanol–water partition coefficient (Wildman–Crippen LogP) is 3.79. The SMILES string of the molecule is CCOC(=O)Nc1ccc(C(=O)NC[C@H](C)c2ccccc2)cc1. The molecule has 0 unspecified atom stereocenters. The van der Waals surface area contributed by atoms with Gasteiger partial charge in [0.2, 0.25) is 0 Å². The van der Waals surface area contributed by atoms with Crippen LogP contribution in [0.4, 0.5) is 10.5 Å². The van der Waals surface area contributed by atoms with Crippen molar-refractivity contribution in [3.05, 3.63) is 65.7 Å². The van der Waals surface area contributed by atoms with Crippen molar-refractivity contribution >= 4 is 17.7 Å². The van der Waals surface area contributed by atoms with Crippen LogP contribution in [-0.2, 0) is 4.74 Å². The molecule has 5 nitrogen and oxygen atoms in total. The molecule has 0 aliphatic carbocycles. The topological polar surface area (TPSA) is 67.4 Å². The lowest BCUT2D eigenvalue weighted by Gasteiger charge is -2.13. The Balaban J connectivity index is 1.87. The highest BCUT2D eigenvalue weighted by Gasteiger charge is 2.10. The van der Waals surface area contributed by atoms with E-state index in [1.807, 2.05) is 30.3 Å². The summed E-state index contributed by atoms with van der Waals surface area (Å²) in [5.41, 5.74) is 2.32. The fourth-order valence-electron chi connectivity index (χ4n) is 2.24. The Morgan fingerprint density at radius 3 is 2.33 bits per heavy atom. The van der Waals surface area contributed by atoms with Gasteiger partial charge in [0.15, 0.2) is 0 Å². The molecule has 0 aliphatic rings. The van der Waals surface area contributed by atoms with Crippen molar-refractivity contribution in [1.82, 2.24) is 5.32 Å². The summed E-state index contributed by atoms with van der Waals surface area (Å²) in [5.74, 6) is 0.0976. The highest BCUT2D eigenvalue weighted by molar-refractivity contribution is 5.95. The quantitative estimate of drug-likeness (QED) is 0.848. The van der Waals surface area contributed by atoms with Crippen LogP contribution in [0.1, 0.15) is 35.7 Å². The molecule has 0 heterocycles. The standard InChI is InChI=1S/C19H22N2O3/c1-3-24-19(23)21-17-11-9-16(10-12-17)18(22)20-13-14(2)15-7-5-4-6-8-15/h4-12,14H,3,13H2,1-2H3,(H,20,22)(H,21,23)/t14-/m0/s1. The first-order chi connectivity index (χ1) is 11.6. The maximum absolute atomic E-state index is 12.2. The maximum Gasteiger partial charge on any atom is 0.411 e. The Morgan fingerprint density at radius 1 is 1.04 bits per heavy atom. The second-order valence-corrected chi connectivity index (χ2v) is 5.44. The predicted molar refractivity (Wildman–Crippen MR) is 94.3 cm³/mol. The van der Waals surface area contributed by atoms with Gasteiger partial charge in [-0.05, 0) is 42.7 Å². The van der Waals surface area contributed by atoms with Crippen LogP contribution in [0.25, 0.3) is 0 Å². The van der Waals surface area contributed by atoms with Gasteiger partial charge in [0.05, 0.1) is 6.61 Å². The van der Waals surface area contributed by atoms with Gasteiger partial charge in [0, 0.05) is 17.8 Å².